The van der Waals surface area contributed by atoms with Gasteiger partial charge in [0.05, 0.1) is 0 Å². The molecule has 1 atom stereocenters. The van der Waals surface area contributed by atoms with Crippen LogP contribution in [0.25, 0.3) is 0 Å². The zero-order valence-electron chi connectivity index (χ0n) is 8.71. The number of anilines is 1. The van der Waals surface area contributed by atoms with Gasteiger partial charge >= 0.3 is 5.97 Å². The van der Waals surface area contributed by atoms with Crippen molar-refractivity contribution in [3.63, 3.8) is 0 Å². The molecule has 0 fully saturated rings. The number of carboxylic acids is 1. The predicted octanol–water partition coefficient (Wildman–Crippen LogP) is -0.503. The third kappa shape index (κ3) is 3.17. The van der Waals surface area contributed by atoms with E-state index in [9.17, 15) is 4.79 Å². The van der Waals surface area contributed by atoms with E-state index in [2.05, 4.69) is 9.97 Å². The van der Waals surface area contributed by atoms with Crippen molar-refractivity contribution in [2.24, 2.45) is 5.73 Å². The van der Waals surface area contributed by atoms with Crippen LogP contribution < -0.4 is 10.6 Å². The molecule has 0 spiro atoms. The Hall–Kier alpha value is -1.69. The second-order valence-corrected chi connectivity index (χ2v) is 3.43. The molecule has 6 nitrogen and oxygen atoms in total. The zero-order valence-corrected chi connectivity index (χ0v) is 8.71. The minimum Gasteiger partial charge on any atom is -0.480 e. The molecule has 1 aromatic heterocycles. The lowest BCUT2D eigenvalue weighted by Crippen LogP contribution is -2.32. The van der Waals surface area contributed by atoms with Gasteiger partial charge in [-0.15, -0.1) is 0 Å². The summed E-state index contributed by atoms with van der Waals surface area (Å²) in [5.74, 6) is -0.436. The fourth-order valence-corrected chi connectivity index (χ4v) is 1.03. The Morgan fingerprint density at radius 2 is 2.07 bits per heavy atom. The maximum atomic E-state index is 10.5. The quantitative estimate of drug-likeness (QED) is 0.695. The highest BCUT2D eigenvalue weighted by Crippen LogP contribution is 2.04. The number of hydrogen-bond acceptors (Lipinski definition) is 5. The van der Waals surface area contributed by atoms with Gasteiger partial charge < -0.3 is 15.7 Å². The maximum absolute atomic E-state index is 10.5. The van der Waals surface area contributed by atoms with Crippen molar-refractivity contribution < 1.29 is 9.90 Å². The van der Waals surface area contributed by atoms with Crippen LogP contribution in [0.2, 0.25) is 0 Å². The number of nitrogens with zero attached hydrogens (tertiary/aromatic N) is 3. The molecule has 0 amide bonds. The van der Waals surface area contributed by atoms with E-state index in [1.54, 1.807) is 17.3 Å². The van der Waals surface area contributed by atoms with Crippen molar-refractivity contribution in [2.45, 2.75) is 12.5 Å². The second kappa shape index (κ2) is 4.70. The van der Waals surface area contributed by atoms with Crippen LogP contribution in [0.1, 0.15) is 5.56 Å². The van der Waals surface area contributed by atoms with Gasteiger partial charge in [0.1, 0.15) is 6.04 Å². The Balaban J connectivity index is 2.68. The molecule has 0 radical (unpaired) electrons. The lowest BCUT2D eigenvalue weighted by molar-refractivity contribution is -0.138. The average molecular weight is 210 g/mol. The number of carboxylic acid groups (broad SMARTS) is 1. The third-order valence-electron chi connectivity index (χ3n) is 1.86. The van der Waals surface area contributed by atoms with E-state index < -0.39 is 12.0 Å². The van der Waals surface area contributed by atoms with Crippen LogP contribution in [0, 0.1) is 0 Å². The van der Waals surface area contributed by atoms with E-state index in [4.69, 9.17) is 10.8 Å². The fourth-order valence-electron chi connectivity index (χ4n) is 1.03. The number of aliphatic carboxylic acids is 1. The molecule has 0 aliphatic heterocycles. The first kappa shape index (κ1) is 11.4. The molecule has 3 N–H and O–H groups in total. The topological polar surface area (TPSA) is 92.3 Å². The first-order chi connectivity index (χ1) is 7.00. The van der Waals surface area contributed by atoms with Gasteiger partial charge in [-0.25, -0.2) is 9.97 Å². The lowest BCUT2D eigenvalue weighted by Gasteiger charge is -2.10. The van der Waals surface area contributed by atoms with Gasteiger partial charge in [0.15, 0.2) is 0 Å². The molecule has 0 saturated heterocycles. The predicted molar refractivity (Wildman–Crippen MR) is 55.7 cm³/mol. The average Bonchev–Trinajstić information content (AvgIpc) is 2.18. The molecule has 15 heavy (non-hydrogen) atoms. The van der Waals surface area contributed by atoms with Gasteiger partial charge in [-0.2, -0.15) is 0 Å². The van der Waals surface area contributed by atoms with Crippen LogP contribution in [0.3, 0.4) is 0 Å². The van der Waals surface area contributed by atoms with E-state index in [1.807, 2.05) is 14.1 Å². The van der Waals surface area contributed by atoms with Gasteiger partial charge in [-0.1, -0.05) is 0 Å². The zero-order chi connectivity index (χ0) is 11.4. The Morgan fingerprint density at radius 1 is 1.53 bits per heavy atom. The molecule has 1 aromatic rings. The number of rotatable bonds is 4. The number of hydrogen-bond donors (Lipinski definition) is 2. The Labute approximate surface area is 87.8 Å². The monoisotopic (exact) mass is 210 g/mol. The SMILES string of the molecule is CN(C)c1ncc(CC(N)C(=O)O)cn1. The molecular formula is C9H14N4O2. The van der Waals surface area contributed by atoms with Gasteiger partial charge in [0.25, 0.3) is 0 Å². The number of nitrogens with two attached hydrogens (primary N) is 1. The van der Waals surface area contributed by atoms with E-state index in [1.165, 1.54) is 0 Å². The smallest absolute Gasteiger partial charge is 0.320 e. The van der Waals surface area contributed by atoms with Gasteiger partial charge in [0.2, 0.25) is 5.95 Å². The molecule has 0 aliphatic carbocycles. The molecule has 0 aliphatic rings. The molecule has 1 unspecified atom stereocenters. The van der Waals surface area contributed by atoms with Crippen LogP contribution in [0.5, 0.6) is 0 Å². The summed E-state index contributed by atoms with van der Waals surface area (Å²) in [6, 6.07) is -0.904. The van der Waals surface area contributed by atoms with Crippen molar-refractivity contribution in [3.8, 4) is 0 Å². The molecule has 0 aromatic carbocycles. The standard InChI is InChI=1S/C9H14N4O2/c1-13(2)9-11-4-6(5-12-9)3-7(10)8(14)15/h4-5,7H,3,10H2,1-2H3,(H,14,15). The van der Waals surface area contributed by atoms with Crippen LogP contribution in [0.15, 0.2) is 12.4 Å². The van der Waals surface area contributed by atoms with E-state index >= 15 is 0 Å². The van der Waals surface area contributed by atoms with Crippen LogP contribution in [-0.4, -0.2) is 41.2 Å². The normalized spacial score (nSPS) is 12.2. The van der Waals surface area contributed by atoms with Crippen LogP contribution in [-0.2, 0) is 11.2 Å². The Bertz CT molecular complexity index is 336. The molecule has 6 heteroatoms. The first-order valence-corrected chi connectivity index (χ1v) is 4.47. The lowest BCUT2D eigenvalue weighted by atomic mass is 10.1. The minimum atomic E-state index is -1.02. The summed E-state index contributed by atoms with van der Waals surface area (Å²) in [6.07, 6.45) is 3.42. The Kier molecular flexibility index (Phi) is 3.56. The highest BCUT2D eigenvalue weighted by molar-refractivity contribution is 5.73. The van der Waals surface area contributed by atoms with E-state index in [0.29, 0.717) is 5.95 Å². The molecular weight excluding hydrogens is 196 g/mol. The van der Waals surface area contributed by atoms with Crippen LogP contribution in [0.4, 0.5) is 5.95 Å². The van der Waals surface area contributed by atoms with Crippen molar-refractivity contribution >= 4 is 11.9 Å². The Morgan fingerprint density at radius 3 is 2.47 bits per heavy atom. The summed E-state index contributed by atoms with van der Waals surface area (Å²) in [5, 5.41) is 8.61. The summed E-state index contributed by atoms with van der Waals surface area (Å²) in [4.78, 5) is 20.4. The van der Waals surface area contributed by atoms with Crippen LogP contribution >= 0.6 is 0 Å². The van der Waals surface area contributed by atoms with Crippen molar-refractivity contribution in [3.05, 3.63) is 18.0 Å². The summed E-state index contributed by atoms with van der Waals surface area (Å²) < 4.78 is 0. The van der Waals surface area contributed by atoms with Crippen molar-refractivity contribution in [1.82, 2.24) is 9.97 Å². The summed E-state index contributed by atoms with van der Waals surface area (Å²) in [6.45, 7) is 0. The highest BCUT2D eigenvalue weighted by Gasteiger charge is 2.12. The molecule has 0 bridgehead atoms. The van der Waals surface area contributed by atoms with E-state index in [-0.39, 0.29) is 6.42 Å². The van der Waals surface area contributed by atoms with Gasteiger partial charge in [0, 0.05) is 32.9 Å². The third-order valence-corrected chi connectivity index (χ3v) is 1.86. The summed E-state index contributed by atoms with van der Waals surface area (Å²) in [7, 11) is 3.66. The fraction of sp³-hybridized carbons (Fsp3) is 0.444. The van der Waals surface area contributed by atoms with Crippen molar-refractivity contribution in [2.75, 3.05) is 19.0 Å². The summed E-state index contributed by atoms with van der Waals surface area (Å²) in [5.41, 5.74) is 6.10. The molecule has 0 saturated carbocycles. The first-order valence-electron chi connectivity index (χ1n) is 4.47. The number of aromatic nitrogens is 2. The number of carbonyl (C=O) groups is 1. The summed E-state index contributed by atoms with van der Waals surface area (Å²) >= 11 is 0. The van der Waals surface area contributed by atoms with Crippen molar-refractivity contribution in [1.29, 1.82) is 0 Å². The van der Waals surface area contributed by atoms with E-state index in [0.717, 1.165) is 5.56 Å². The largest absolute Gasteiger partial charge is 0.480 e. The van der Waals surface area contributed by atoms with Gasteiger partial charge in [-0.3, -0.25) is 4.79 Å². The second-order valence-electron chi connectivity index (χ2n) is 3.43. The maximum Gasteiger partial charge on any atom is 0.320 e. The molecule has 1 heterocycles. The highest BCUT2D eigenvalue weighted by atomic mass is 16.4. The van der Waals surface area contributed by atoms with Gasteiger partial charge in [-0.05, 0) is 5.56 Å². The molecule has 1 rings (SSSR count). The minimum absolute atomic E-state index is 0.239. The molecule has 82 valence electrons.